The second kappa shape index (κ2) is 5.23. The first-order valence-electron chi connectivity index (χ1n) is 3.64. The molecule has 0 saturated heterocycles. The molecule has 0 radical (unpaired) electrons. The van der Waals surface area contributed by atoms with E-state index in [2.05, 4.69) is 16.6 Å². The molecule has 2 rings (SSSR count). The molecule has 0 saturated carbocycles. The first kappa shape index (κ1) is 9.63. The Balaban J connectivity index is 0.000000236. The minimum atomic E-state index is 0.378. The van der Waals surface area contributed by atoms with E-state index in [1.165, 1.54) is 0 Å². The van der Waals surface area contributed by atoms with Crippen LogP contribution >= 0.6 is 11.6 Å². The van der Waals surface area contributed by atoms with Gasteiger partial charge in [0.2, 0.25) is 0 Å². The van der Waals surface area contributed by atoms with E-state index in [9.17, 15) is 4.79 Å². The third kappa shape index (κ3) is 4.89. The predicted molar refractivity (Wildman–Crippen MR) is 50.5 cm³/mol. The summed E-state index contributed by atoms with van der Waals surface area (Å²) in [6, 6.07) is 6.55. The summed E-state index contributed by atoms with van der Waals surface area (Å²) in [6.07, 6.45) is 1.00. The summed E-state index contributed by atoms with van der Waals surface area (Å²) in [6.45, 7) is 0.378. The second-order valence-corrected chi connectivity index (χ2v) is 2.63. The molecule has 0 bridgehead atoms. The Morgan fingerprint density at radius 1 is 1.31 bits per heavy atom. The van der Waals surface area contributed by atoms with Crippen LogP contribution in [-0.2, 0) is 4.79 Å². The summed E-state index contributed by atoms with van der Waals surface area (Å²) in [5.74, 6) is 6.00. The van der Waals surface area contributed by atoms with E-state index in [1.54, 1.807) is 24.3 Å². The average Bonchev–Trinajstić information content (AvgIpc) is 2.96. The number of halogens is 1. The molecule has 0 heterocycles. The first-order valence-corrected chi connectivity index (χ1v) is 4.02. The van der Waals surface area contributed by atoms with Crippen molar-refractivity contribution >= 4 is 18.1 Å². The first-order chi connectivity index (χ1) is 6.33. The van der Waals surface area contributed by atoms with Crippen molar-refractivity contribution in [1.82, 2.24) is 0 Å². The SMILES string of the molecule is C1#CC1.O=COc1ccc(Cl)cc1. The number of benzene rings is 1. The van der Waals surface area contributed by atoms with Crippen LogP contribution in [0.4, 0.5) is 0 Å². The standard InChI is InChI=1S/C7H5ClO2.C3H2/c8-6-1-3-7(4-2-6)10-5-9;1-2-3-1/h1-5H;1H2. The summed E-state index contributed by atoms with van der Waals surface area (Å²) in [4.78, 5) is 9.80. The Morgan fingerprint density at radius 3 is 2.23 bits per heavy atom. The summed E-state index contributed by atoms with van der Waals surface area (Å²) < 4.78 is 4.52. The van der Waals surface area contributed by atoms with Crippen molar-refractivity contribution in [2.45, 2.75) is 6.42 Å². The average molecular weight is 195 g/mol. The van der Waals surface area contributed by atoms with Crippen molar-refractivity contribution < 1.29 is 9.53 Å². The van der Waals surface area contributed by atoms with E-state index >= 15 is 0 Å². The van der Waals surface area contributed by atoms with Gasteiger partial charge in [0.15, 0.2) is 0 Å². The van der Waals surface area contributed by atoms with Crippen LogP contribution < -0.4 is 4.74 Å². The zero-order valence-corrected chi connectivity index (χ0v) is 7.54. The molecule has 0 aromatic heterocycles. The maximum atomic E-state index is 9.80. The van der Waals surface area contributed by atoms with Gasteiger partial charge in [-0.25, -0.2) is 0 Å². The van der Waals surface area contributed by atoms with Gasteiger partial charge in [0.05, 0.1) is 6.42 Å². The van der Waals surface area contributed by atoms with E-state index in [-0.39, 0.29) is 0 Å². The molecule has 0 aliphatic heterocycles. The number of carbonyl (C=O) groups excluding carboxylic acids is 1. The maximum absolute atomic E-state index is 9.80. The van der Waals surface area contributed by atoms with Crippen molar-refractivity contribution in [2.24, 2.45) is 0 Å². The summed E-state index contributed by atoms with van der Waals surface area (Å²) >= 11 is 5.57. The van der Waals surface area contributed by atoms with Crippen molar-refractivity contribution in [3.05, 3.63) is 29.3 Å². The van der Waals surface area contributed by atoms with Crippen LogP contribution in [0.3, 0.4) is 0 Å². The van der Waals surface area contributed by atoms with Crippen LogP contribution in [0.15, 0.2) is 24.3 Å². The molecule has 0 fully saturated rings. The quantitative estimate of drug-likeness (QED) is 0.533. The molecule has 0 atom stereocenters. The van der Waals surface area contributed by atoms with Gasteiger partial charge in [-0.1, -0.05) is 23.4 Å². The predicted octanol–water partition coefficient (Wildman–Crippen LogP) is 2.27. The minimum absolute atomic E-state index is 0.378. The fourth-order valence-electron chi connectivity index (χ4n) is 0.569. The van der Waals surface area contributed by atoms with Gasteiger partial charge in [-0.15, -0.1) is 0 Å². The normalized spacial score (nSPS) is 9.92. The zero-order chi connectivity index (χ0) is 9.52. The van der Waals surface area contributed by atoms with E-state index in [4.69, 9.17) is 11.6 Å². The Hall–Kier alpha value is -1.46. The molecular weight excluding hydrogens is 188 g/mol. The molecule has 0 spiro atoms. The van der Waals surface area contributed by atoms with E-state index in [0.29, 0.717) is 17.2 Å². The van der Waals surface area contributed by atoms with Gasteiger partial charge < -0.3 is 4.74 Å². The maximum Gasteiger partial charge on any atom is 0.298 e. The Labute approximate surface area is 81.5 Å². The fourth-order valence-corrected chi connectivity index (χ4v) is 0.695. The van der Waals surface area contributed by atoms with Crippen LogP contribution in [0.5, 0.6) is 5.75 Å². The van der Waals surface area contributed by atoms with E-state index in [1.807, 2.05) is 0 Å². The number of ether oxygens (including phenoxy) is 1. The van der Waals surface area contributed by atoms with Crippen molar-refractivity contribution in [2.75, 3.05) is 0 Å². The molecule has 1 aliphatic rings. The molecule has 13 heavy (non-hydrogen) atoms. The third-order valence-corrected chi connectivity index (χ3v) is 1.43. The second-order valence-electron chi connectivity index (χ2n) is 2.20. The van der Waals surface area contributed by atoms with Crippen LogP contribution in [-0.4, -0.2) is 6.47 Å². The molecule has 0 unspecified atom stereocenters. The molecule has 1 aromatic rings. The topological polar surface area (TPSA) is 26.3 Å². The van der Waals surface area contributed by atoms with Crippen LogP contribution in [0.25, 0.3) is 0 Å². The Kier molecular flexibility index (Phi) is 3.87. The number of hydrogen-bond acceptors (Lipinski definition) is 2. The van der Waals surface area contributed by atoms with Gasteiger partial charge in [0.25, 0.3) is 6.47 Å². The third-order valence-electron chi connectivity index (χ3n) is 1.17. The van der Waals surface area contributed by atoms with Gasteiger partial charge in [-0.3, -0.25) is 4.79 Å². The van der Waals surface area contributed by atoms with Gasteiger partial charge in [0.1, 0.15) is 5.75 Å². The lowest BCUT2D eigenvalue weighted by atomic mass is 10.3. The molecule has 1 aromatic carbocycles. The van der Waals surface area contributed by atoms with Gasteiger partial charge in [-0.2, -0.15) is 0 Å². The molecule has 3 heteroatoms. The van der Waals surface area contributed by atoms with E-state index < -0.39 is 0 Å². The molecule has 0 amide bonds. The number of carbonyl (C=O) groups is 1. The number of rotatable bonds is 2. The molecule has 66 valence electrons. The highest BCUT2D eigenvalue weighted by atomic mass is 35.5. The summed E-state index contributed by atoms with van der Waals surface area (Å²) in [5.41, 5.74) is 0. The lowest BCUT2D eigenvalue weighted by Gasteiger charge is -1.94. The highest BCUT2D eigenvalue weighted by Crippen LogP contribution is 2.14. The van der Waals surface area contributed by atoms with Crippen molar-refractivity contribution in [1.29, 1.82) is 0 Å². The van der Waals surface area contributed by atoms with Crippen LogP contribution in [0.1, 0.15) is 6.42 Å². The number of hydrogen-bond donors (Lipinski definition) is 0. The van der Waals surface area contributed by atoms with Crippen LogP contribution in [0, 0.1) is 11.8 Å². The fraction of sp³-hybridized carbons (Fsp3) is 0.100. The summed E-state index contributed by atoms with van der Waals surface area (Å²) in [7, 11) is 0. The Bertz CT molecular complexity index is 326. The van der Waals surface area contributed by atoms with Crippen molar-refractivity contribution in [3.8, 4) is 17.6 Å². The zero-order valence-electron chi connectivity index (χ0n) is 6.79. The summed E-state index contributed by atoms with van der Waals surface area (Å²) in [5, 5.41) is 0.623. The highest BCUT2D eigenvalue weighted by Gasteiger charge is 1.89. The van der Waals surface area contributed by atoms with Gasteiger partial charge in [0, 0.05) is 5.02 Å². The highest BCUT2D eigenvalue weighted by molar-refractivity contribution is 6.30. The lowest BCUT2D eigenvalue weighted by Crippen LogP contribution is -1.86. The Morgan fingerprint density at radius 2 is 1.85 bits per heavy atom. The van der Waals surface area contributed by atoms with E-state index in [0.717, 1.165) is 6.42 Å². The lowest BCUT2D eigenvalue weighted by molar-refractivity contribution is -0.120. The van der Waals surface area contributed by atoms with Crippen molar-refractivity contribution in [3.63, 3.8) is 0 Å². The smallest absolute Gasteiger partial charge is 0.298 e. The van der Waals surface area contributed by atoms with Gasteiger partial charge in [-0.05, 0) is 24.3 Å². The van der Waals surface area contributed by atoms with Gasteiger partial charge >= 0.3 is 0 Å². The minimum Gasteiger partial charge on any atom is -0.429 e. The molecular formula is C10H7ClO2. The molecule has 0 N–H and O–H groups in total. The largest absolute Gasteiger partial charge is 0.429 e. The molecule has 1 aliphatic carbocycles. The monoisotopic (exact) mass is 194 g/mol. The van der Waals surface area contributed by atoms with Crippen LogP contribution in [0.2, 0.25) is 5.02 Å². The molecule has 2 nitrogen and oxygen atoms in total.